The average molecular weight is 586 g/mol. The molecule has 42 heavy (non-hydrogen) atoms. The van der Waals surface area contributed by atoms with Crippen LogP contribution in [0.25, 0.3) is 11.4 Å². The molecule has 1 N–H and O–H groups in total. The molecule has 1 aliphatic rings. The van der Waals surface area contributed by atoms with Crippen molar-refractivity contribution in [2.24, 2.45) is 10.9 Å². The predicted molar refractivity (Wildman–Crippen MR) is 148 cm³/mol. The first-order valence-corrected chi connectivity index (χ1v) is 12.7. The van der Waals surface area contributed by atoms with Gasteiger partial charge in [0.25, 0.3) is 5.91 Å². The molecule has 0 saturated carbocycles. The van der Waals surface area contributed by atoms with Crippen molar-refractivity contribution < 1.29 is 32.3 Å². The number of aromatic nitrogens is 3. The van der Waals surface area contributed by atoms with Crippen molar-refractivity contribution in [3.05, 3.63) is 58.8 Å². The third-order valence-electron chi connectivity index (χ3n) is 6.19. The summed E-state index contributed by atoms with van der Waals surface area (Å²) in [7, 11) is 1.60. The number of aryl methyl sites for hydroxylation is 1. The van der Waals surface area contributed by atoms with Crippen molar-refractivity contribution in [2.45, 2.75) is 40.8 Å². The fraction of sp³-hybridized carbons (Fsp3) is 0.357. The second-order valence-electron chi connectivity index (χ2n) is 9.86. The second-order valence-corrected chi connectivity index (χ2v) is 9.86. The number of anilines is 1. The summed E-state index contributed by atoms with van der Waals surface area (Å²) in [5.41, 5.74) is -0.280. The van der Waals surface area contributed by atoms with Gasteiger partial charge in [-0.05, 0) is 45.4 Å². The Kier molecular flexibility index (Phi) is 9.71. The van der Waals surface area contributed by atoms with Crippen LogP contribution in [-0.2, 0) is 25.4 Å². The lowest BCUT2D eigenvalue weighted by atomic mass is 10.1. The van der Waals surface area contributed by atoms with Gasteiger partial charge in [0, 0.05) is 36.9 Å². The molecule has 3 heterocycles. The number of rotatable bonds is 8. The maximum absolute atomic E-state index is 13.3. The molecule has 1 atom stereocenters. The summed E-state index contributed by atoms with van der Waals surface area (Å²) in [6, 6.07) is 2.31. The first kappa shape index (κ1) is 31.8. The highest BCUT2D eigenvalue weighted by Crippen LogP contribution is 2.33. The minimum absolute atomic E-state index is 0.0385. The van der Waals surface area contributed by atoms with E-state index in [1.807, 2.05) is 0 Å². The molecule has 11 nitrogen and oxygen atoms in total. The lowest BCUT2D eigenvalue weighted by Crippen LogP contribution is -2.42. The van der Waals surface area contributed by atoms with Gasteiger partial charge in [0.1, 0.15) is 17.4 Å². The summed E-state index contributed by atoms with van der Waals surface area (Å²) in [6.45, 7) is 6.90. The molecular formula is C28H30F3N7O4. The number of pyridine rings is 1. The molecule has 3 amide bonds. The van der Waals surface area contributed by atoms with E-state index in [0.717, 1.165) is 11.0 Å². The van der Waals surface area contributed by atoms with Crippen LogP contribution in [-0.4, -0.2) is 74.6 Å². The first-order chi connectivity index (χ1) is 19.6. The first-order valence-electron chi connectivity index (χ1n) is 12.7. The van der Waals surface area contributed by atoms with Crippen LogP contribution in [0.4, 0.5) is 19.0 Å². The number of hydrogen-bond acceptors (Lipinski definition) is 9. The van der Waals surface area contributed by atoms with Gasteiger partial charge in [-0.3, -0.25) is 29.1 Å². The Morgan fingerprint density at radius 2 is 1.88 bits per heavy atom. The number of aliphatic imine (C=N–C) groups is 1. The number of amides is 3. The van der Waals surface area contributed by atoms with E-state index in [9.17, 15) is 32.3 Å². The predicted octanol–water partition coefficient (Wildman–Crippen LogP) is 3.58. The number of nitrogens with one attached hydrogen (secondary N) is 1. The molecular weight excluding hydrogens is 555 g/mol. The number of likely N-dealkylation sites (N-methyl/N-ethyl adjacent to an activating group) is 1. The quantitative estimate of drug-likeness (QED) is 0.367. The largest absolute Gasteiger partial charge is 0.418 e. The van der Waals surface area contributed by atoms with E-state index in [-0.39, 0.29) is 53.2 Å². The highest BCUT2D eigenvalue weighted by atomic mass is 19.4. The molecule has 14 heteroatoms. The monoisotopic (exact) mass is 585 g/mol. The van der Waals surface area contributed by atoms with Gasteiger partial charge in [-0.2, -0.15) is 13.2 Å². The minimum Gasteiger partial charge on any atom is -0.350 e. The molecule has 0 spiro atoms. The highest BCUT2D eigenvalue weighted by Gasteiger charge is 2.34. The van der Waals surface area contributed by atoms with Crippen LogP contribution in [0.3, 0.4) is 0 Å². The Balaban J connectivity index is 1.75. The Bertz CT molecular complexity index is 1520. The van der Waals surface area contributed by atoms with Crippen LogP contribution in [0.15, 0.2) is 52.6 Å². The summed E-state index contributed by atoms with van der Waals surface area (Å²) < 4.78 is 39.9. The number of Topliss-reactive ketones (excluding diaryl/α,β-unsaturated/α-hetero) is 1. The van der Waals surface area contributed by atoms with Gasteiger partial charge in [0.05, 0.1) is 30.1 Å². The van der Waals surface area contributed by atoms with E-state index < -0.39 is 35.4 Å². The minimum atomic E-state index is -4.59. The fourth-order valence-electron chi connectivity index (χ4n) is 4.06. The van der Waals surface area contributed by atoms with Gasteiger partial charge in [-0.1, -0.05) is 13.0 Å². The van der Waals surface area contributed by atoms with Gasteiger partial charge in [-0.15, -0.1) is 0 Å². The maximum atomic E-state index is 13.3. The van der Waals surface area contributed by atoms with Gasteiger partial charge in [-0.25, -0.2) is 15.0 Å². The molecule has 2 aromatic rings. The Morgan fingerprint density at radius 1 is 1.19 bits per heavy atom. The lowest BCUT2D eigenvalue weighted by molar-refractivity contribution is -0.144. The topological polar surface area (TPSA) is 138 Å². The molecule has 3 rings (SSSR count). The molecule has 0 aromatic carbocycles. The number of halogens is 3. The molecule has 0 unspecified atom stereocenters. The molecule has 1 aliphatic heterocycles. The number of hydrogen-bond donors (Lipinski definition) is 1. The van der Waals surface area contributed by atoms with Gasteiger partial charge in [0.15, 0.2) is 5.82 Å². The van der Waals surface area contributed by atoms with Gasteiger partial charge in [0.2, 0.25) is 11.8 Å². The third-order valence-corrected chi connectivity index (χ3v) is 6.19. The Labute approximate surface area is 240 Å². The number of allylic oxidation sites excluding steroid dienone is 1. The standard InChI is InChI=1S/C28H30F3N7O4/c1-15(11-34-25-18(4)27(42)38(13-17(3)39)23(40)14-37(25)6)9-16(2)26(41)36-22-7-8-32-24(35-22)20-10-21(28(29,30)31)19(5)33-12-20/h7-12,16H,13-14H2,1-6H3,(H,32,35,36,41)/b15-9-,34-11-/t16-/m1/s1. The van der Waals surface area contributed by atoms with Crippen molar-refractivity contribution in [3.63, 3.8) is 0 Å². The van der Waals surface area contributed by atoms with E-state index in [2.05, 4.69) is 25.3 Å². The van der Waals surface area contributed by atoms with Gasteiger partial charge >= 0.3 is 6.18 Å². The van der Waals surface area contributed by atoms with E-state index in [0.29, 0.717) is 5.57 Å². The number of carbonyl (C=O) groups is 4. The van der Waals surface area contributed by atoms with Crippen LogP contribution in [0, 0.1) is 12.8 Å². The summed E-state index contributed by atoms with van der Waals surface area (Å²) >= 11 is 0. The third kappa shape index (κ3) is 7.71. The fourth-order valence-corrected chi connectivity index (χ4v) is 4.06. The summed E-state index contributed by atoms with van der Waals surface area (Å²) in [6.07, 6.45) is 1.01. The normalized spacial score (nSPS) is 15.8. The second kappa shape index (κ2) is 12.8. The lowest BCUT2D eigenvalue weighted by Gasteiger charge is -2.18. The number of carbonyl (C=O) groups excluding carboxylic acids is 4. The van der Waals surface area contributed by atoms with Crippen LogP contribution in [0.2, 0.25) is 0 Å². The number of alkyl halides is 3. The van der Waals surface area contributed by atoms with E-state index in [1.54, 1.807) is 27.0 Å². The van der Waals surface area contributed by atoms with Crippen molar-refractivity contribution in [3.8, 4) is 11.4 Å². The molecule has 0 fully saturated rings. The molecule has 2 aromatic heterocycles. The highest BCUT2D eigenvalue weighted by molar-refractivity contribution is 6.08. The van der Waals surface area contributed by atoms with Crippen molar-refractivity contribution in [1.29, 1.82) is 0 Å². The number of nitrogens with zero attached hydrogens (tertiary/aromatic N) is 6. The van der Waals surface area contributed by atoms with E-state index in [4.69, 9.17) is 0 Å². The van der Waals surface area contributed by atoms with Crippen molar-refractivity contribution in [1.82, 2.24) is 24.8 Å². The smallest absolute Gasteiger partial charge is 0.350 e. The van der Waals surface area contributed by atoms with Crippen LogP contribution >= 0.6 is 0 Å². The van der Waals surface area contributed by atoms with Crippen molar-refractivity contribution in [2.75, 3.05) is 25.5 Å². The molecule has 0 radical (unpaired) electrons. The Hall–Kier alpha value is -4.75. The zero-order valence-electron chi connectivity index (χ0n) is 23.9. The SMILES string of the molecule is CC(=O)CN1C(=O)CN(C)C(/N=C\C(C)=C/[C@@H](C)C(=O)Nc2ccnc(-c3cnc(C)c(C(F)(F)F)c3)n2)=C(C)C1=O. The van der Waals surface area contributed by atoms with Crippen LogP contribution < -0.4 is 5.32 Å². The zero-order valence-corrected chi connectivity index (χ0v) is 23.9. The number of ketones is 1. The molecule has 222 valence electrons. The van der Waals surface area contributed by atoms with Crippen LogP contribution in [0.5, 0.6) is 0 Å². The summed E-state index contributed by atoms with van der Waals surface area (Å²) in [4.78, 5) is 68.3. The molecule has 0 saturated heterocycles. The summed E-state index contributed by atoms with van der Waals surface area (Å²) in [5, 5.41) is 2.62. The van der Waals surface area contributed by atoms with Crippen LogP contribution in [0.1, 0.15) is 39.0 Å². The summed E-state index contributed by atoms with van der Waals surface area (Å²) in [5.74, 6) is -2.29. The average Bonchev–Trinajstić information content (AvgIpc) is 2.97. The number of imide groups is 1. The van der Waals surface area contributed by atoms with Gasteiger partial charge < -0.3 is 10.2 Å². The van der Waals surface area contributed by atoms with E-state index in [1.165, 1.54) is 50.3 Å². The van der Waals surface area contributed by atoms with E-state index >= 15 is 0 Å². The maximum Gasteiger partial charge on any atom is 0.418 e. The molecule has 0 aliphatic carbocycles. The Morgan fingerprint density at radius 3 is 2.52 bits per heavy atom. The zero-order chi connectivity index (χ0) is 31.4. The molecule has 0 bridgehead atoms. The van der Waals surface area contributed by atoms with Crippen molar-refractivity contribution >= 4 is 35.5 Å².